The van der Waals surface area contributed by atoms with Crippen LogP contribution in [0.25, 0.3) is 0 Å². The van der Waals surface area contributed by atoms with Gasteiger partial charge in [-0.3, -0.25) is 9.36 Å². The number of unbranched alkanes of at least 4 members (excludes halogenated alkanes) is 3. The van der Waals surface area contributed by atoms with Crippen molar-refractivity contribution in [3.63, 3.8) is 0 Å². The molecule has 0 amide bonds. The Labute approximate surface area is 142 Å². The molecule has 2 aromatic rings. The van der Waals surface area contributed by atoms with Crippen molar-refractivity contribution in [2.45, 2.75) is 63.7 Å². The SMILES string of the molecule is c1c(CCCCCCc2cn(C[C@@H]3CN3)nn2)nnn1C[C@@H]1CN1. The second kappa shape index (κ2) is 7.40. The molecule has 2 saturated heterocycles. The zero-order chi connectivity index (χ0) is 16.2. The molecule has 24 heavy (non-hydrogen) atoms. The standard InChI is InChI=1S/C16H26N8/c1(3-5-13-9-23(21-19-13)11-15-7-17-15)2-4-6-14-10-24(22-20-14)12-16-8-18-16/h9-10,15-18H,1-8,11-12H2/t15-,16-/m0/s1. The third-order valence-corrected chi connectivity index (χ3v) is 4.59. The number of aromatic nitrogens is 6. The van der Waals surface area contributed by atoms with Crippen molar-refractivity contribution < 1.29 is 0 Å². The Balaban J connectivity index is 1.07. The molecule has 2 atom stereocenters. The van der Waals surface area contributed by atoms with Crippen LogP contribution in [0.3, 0.4) is 0 Å². The van der Waals surface area contributed by atoms with Gasteiger partial charge in [0.15, 0.2) is 0 Å². The first-order valence-corrected chi connectivity index (χ1v) is 9.10. The van der Waals surface area contributed by atoms with Gasteiger partial charge in [0.2, 0.25) is 0 Å². The fraction of sp³-hybridized carbons (Fsp3) is 0.750. The predicted octanol–water partition coefficient (Wildman–Crippen LogP) is 0.159. The molecular weight excluding hydrogens is 304 g/mol. The first-order valence-electron chi connectivity index (χ1n) is 9.10. The molecular formula is C16H26N8. The number of aryl methyl sites for hydroxylation is 2. The van der Waals surface area contributed by atoms with Gasteiger partial charge in [0.25, 0.3) is 0 Å². The highest BCUT2D eigenvalue weighted by atomic mass is 15.4. The van der Waals surface area contributed by atoms with E-state index in [0.29, 0.717) is 12.1 Å². The average Bonchev–Trinajstić information content (AvgIpc) is 3.47. The van der Waals surface area contributed by atoms with Crippen LogP contribution >= 0.6 is 0 Å². The van der Waals surface area contributed by atoms with Crippen LogP contribution in [-0.2, 0) is 25.9 Å². The molecule has 2 aliphatic heterocycles. The molecule has 2 N–H and O–H groups in total. The summed E-state index contributed by atoms with van der Waals surface area (Å²) in [7, 11) is 0. The van der Waals surface area contributed by atoms with Gasteiger partial charge in [0.05, 0.1) is 24.5 Å². The summed E-state index contributed by atoms with van der Waals surface area (Å²) in [6.45, 7) is 4.12. The summed E-state index contributed by atoms with van der Waals surface area (Å²) in [5, 5.41) is 23.4. The molecule has 0 aliphatic carbocycles. The van der Waals surface area contributed by atoms with Crippen LogP contribution < -0.4 is 10.6 Å². The number of hydrogen-bond donors (Lipinski definition) is 2. The predicted molar refractivity (Wildman–Crippen MR) is 89.5 cm³/mol. The number of hydrogen-bond acceptors (Lipinski definition) is 6. The van der Waals surface area contributed by atoms with E-state index in [-0.39, 0.29) is 0 Å². The van der Waals surface area contributed by atoms with Crippen molar-refractivity contribution in [3.05, 3.63) is 23.8 Å². The molecule has 0 radical (unpaired) electrons. The molecule has 0 spiro atoms. The fourth-order valence-corrected chi connectivity index (χ4v) is 2.93. The topological polar surface area (TPSA) is 105 Å². The van der Waals surface area contributed by atoms with E-state index in [0.717, 1.165) is 50.4 Å². The number of rotatable bonds is 11. The molecule has 0 saturated carbocycles. The zero-order valence-electron chi connectivity index (χ0n) is 14.1. The molecule has 0 aromatic carbocycles. The second-order valence-electron chi connectivity index (χ2n) is 6.99. The van der Waals surface area contributed by atoms with Gasteiger partial charge in [-0.15, -0.1) is 10.2 Å². The van der Waals surface area contributed by atoms with E-state index in [1.54, 1.807) is 0 Å². The van der Waals surface area contributed by atoms with Crippen LogP contribution in [-0.4, -0.2) is 55.2 Å². The zero-order valence-corrected chi connectivity index (χ0v) is 14.1. The summed E-state index contributed by atoms with van der Waals surface area (Å²) < 4.78 is 3.92. The molecule has 2 fully saturated rings. The van der Waals surface area contributed by atoms with E-state index in [4.69, 9.17) is 0 Å². The summed E-state index contributed by atoms with van der Waals surface area (Å²) in [4.78, 5) is 0. The van der Waals surface area contributed by atoms with E-state index < -0.39 is 0 Å². The first kappa shape index (κ1) is 15.7. The lowest BCUT2D eigenvalue weighted by atomic mass is 10.1. The monoisotopic (exact) mass is 330 g/mol. The highest BCUT2D eigenvalue weighted by molar-refractivity contribution is 4.95. The van der Waals surface area contributed by atoms with Crippen molar-refractivity contribution >= 4 is 0 Å². The van der Waals surface area contributed by atoms with E-state index in [1.807, 2.05) is 9.36 Å². The first-order chi connectivity index (χ1) is 11.8. The molecule has 0 unspecified atom stereocenters. The highest BCUT2D eigenvalue weighted by Crippen LogP contribution is 2.09. The van der Waals surface area contributed by atoms with E-state index in [2.05, 4.69) is 43.7 Å². The lowest BCUT2D eigenvalue weighted by molar-refractivity contribution is 0.582. The van der Waals surface area contributed by atoms with Crippen LogP contribution in [0.15, 0.2) is 12.4 Å². The van der Waals surface area contributed by atoms with Crippen molar-refractivity contribution in [3.8, 4) is 0 Å². The van der Waals surface area contributed by atoms with Gasteiger partial charge in [0, 0.05) is 37.6 Å². The molecule has 8 heteroatoms. The summed E-state index contributed by atoms with van der Waals surface area (Å²) in [6.07, 6.45) is 11.1. The molecule has 4 rings (SSSR count). The largest absolute Gasteiger partial charge is 0.309 e. The third-order valence-electron chi connectivity index (χ3n) is 4.59. The second-order valence-corrected chi connectivity index (χ2v) is 6.99. The van der Waals surface area contributed by atoms with E-state index in [9.17, 15) is 0 Å². The van der Waals surface area contributed by atoms with Gasteiger partial charge in [0.1, 0.15) is 0 Å². The molecule has 8 nitrogen and oxygen atoms in total. The summed E-state index contributed by atoms with van der Waals surface area (Å²) >= 11 is 0. The molecule has 130 valence electrons. The van der Waals surface area contributed by atoms with Gasteiger partial charge in [-0.1, -0.05) is 23.3 Å². The van der Waals surface area contributed by atoms with Crippen LogP contribution in [0, 0.1) is 0 Å². The Morgan fingerprint density at radius 3 is 1.67 bits per heavy atom. The maximum absolute atomic E-state index is 4.25. The maximum atomic E-state index is 4.25. The normalized spacial score (nSPS) is 22.0. The van der Waals surface area contributed by atoms with Gasteiger partial charge >= 0.3 is 0 Å². The summed E-state index contributed by atoms with van der Waals surface area (Å²) in [5.74, 6) is 0. The molecule has 2 aromatic heterocycles. The minimum Gasteiger partial charge on any atom is -0.309 e. The molecule has 4 heterocycles. The lowest BCUT2D eigenvalue weighted by Gasteiger charge is -1.99. The Morgan fingerprint density at radius 2 is 1.25 bits per heavy atom. The van der Waals surface area contributed by atoms with Gasteiger partial charge in [-0.05, 0) is 25.7 Å². The third kappa shape index (κ3) is 4.85. The van der Waals surface area contributed by atoms with Gasteiger partial charge < -0.3 is 10.6 Å². The van der Waals surface area contributed by atoms with Crippen LogP contribution in [0.1, 0.15) is 37.1 Å². The quantitative estimate of drug-likeness (QED) is 0.449. The van der Waals surface area contributed by atoms with Crippen molar-refractivity contribution in [1.82, 2.24) is 40.6 Å². The molecule has 0 bridgehead atoms. The van der Waals surface area contributed by atoms with Crippen LogP contribution in [0.5, 0.6) is 0 Å². The minimum absolute atomic E-state index is 0.609. The van der Waals surface area contributed by atoms with E-state index in [1.165, 1.54) is 25.7 Å². The average molecular weight is 330 g/mol. The Bertz CT molecular complexity index is 584. The fourth-order valence-electron chi connectivity index (χ4n) is 2.93. The van der Waals surface area contributed by atoms with Gasteiger partial charge in [-0.25, -0.2) is 0 Å². The Hall–Kier alpha value is -1.80. The van der Waals surface area contributed by atoms with E-state index >= 15 is 0 Å². The highest BCUT2D eigenvalue weighted by Gasteiger charge is 2.21. The van der Waals surface area contributed by atoms with Crippen molar-refractivity contribution in [2.24, 2.45) is 0 Å². The maximum Gasteiger partial charge on any atom is 0.0827 e. The van der Waals surface area contributed by atoms with Crippen LogP contribution in [0.4, 0.5) is 0 Å². The number of nitrogens with one attached hydrogen (secondary N) is 2. The Morgan fingerprint density at radius 1 is 0.792 bits per heavy atom. The molecule has 2 aliphatic rings. The van der Waals surface area contributed by atoms with Crippen molar-refractivity contribution in [2.75, 3.05) is 13.1 Å². The smallest absolute Gasteiger partial charge is 0.0827 e. The number of nitrogens with zero attached hydrogens (tertiary/aromatic N) is 6. The van der Waals surface area contributed by atoms with Gasteiger partial charge in [-0.2, -0.15) is 0 Å². The lowest BCUT2D eigenvalue weighted by Crippen LogP contribution is -2.06. The van der Waals surface area contributed by atoms with Crippen molar-refractivity contribution in [1.29, 1.82) is 0 Å². The summed E-state index contributed by atoms with van der Waals surface area (Å²) in [5.41, 5.74) is 2.24. The van der Waals surface area contributed by atoms with Crippen LogP contribution in [0.2, 0.25) is 0 Å². The Kier molecular flexibility index (Phi) is 4.84. The summed E-state index contributed by atoms with van der Waals surface area (Å²) in [6, 6.07) is 1.22. The minimum atomic E-state index is 0.609.